The van der Waals surface area contributed by atoms with Gasteiger partial charge in [-0.15, -0.1) is 5.10 Å². The predicted molar refractivity (Wildman–Crippen MR) is 104 cm³/mol. The zero-order valence-electron chi connectivity index (χ0n) is 15.4. The number of halogens is 1. The van der Waals surface area contributed by atoms with E-state index in [9.17, 15) is 4.79 Å². The van der Waals surface area contributed by atoms with Gasteiger partial charge in [-0.25, -0.2) is 0 Å². The molecular weight excluding hydrogens is 388 g/mol. The summed E-state index contributed by atoms with van der Waals surface area (Å²) in [5.74, 6) is 0.194. The van der Waals surface area contributed by atoms with Gasteiger partial charge in [0, 0.05) is 30.2 Å². The summed E-state index contributed by atoms with van der Waals surface area (Å²) in [6, 6.07) is 7.20. The van der Waals surface area contributed by atoms with E-state index in [2.05, 4.69) is 39.6 Å². The van der Waals surface area contributed by atoms with Crippen LogP contribution in [-0.4, -0.2) is 75.2 Å². The van der Waals surface area contributed by atoms with Gasteiger partial charge in [-0.05, 0) is 48.5 Å². The van der Waals surface area contributed by atoms with Gasteiger partial charge < -0.3 is 10.1 Å². The fourth-order valence-corrected chi connectivity index (χ4v) is 3.64. The Kier molecular flexibility index (Phi) is 6.69. The molecule has 0 atom stereocenters. The summed E-state index contributed by atoms with van der Waals surface area (Å²) in [6.07, 6.45) is 0. The monoisotopic (exact) mass is 410 g/mol. The number of aromatic nitrogens is 4. The van der Waals surface area contributed by atoms with Crippen LogP contribution in [0.5, 0.6) is 0 Å². The van der Waals surface area contributed by atoms with Crippen molar-refractivity contribution in [3.8, 4) is 5.69 Å². The Labute approximate surface area is 167 Å². The molecule has 0 unspecified atom stereocenters. The molecule has 1 N–H and O–H groups in total. The molecule has 8 nitrogen and oxygen atoms in total. The van der Waals surface area contributed by atoms with Gasteiger partial charge in [0.1, 0.15) is 0 Å². The molecule has 1 amide bonds. The molecule has 2 heterocycles. The minimum absolute atomic E-state index is 0.0491. The second-order valence-corrected chi connectivity index (χ2v) is 8.21. The maximum atomic E-state index is 12.3. The number of hydrogen-bond donors (Lipinski definition) is 1. The molecule has 1 aliphatic heterocycles. The summed E-state index contributed by atoms with van der Waals surface area (Å²) in [5, 5.41) is 15.9. The van der Waals surface area contributed by atoms with Crippen LogP contribution in [0.25, 0.3) is 5.69 Å². The molecule has 1 fully saturated rings. The van der Waals surface area contributed by atoms with Crippen molar-refractivity contribution in [3.63, 3.8) is 0 Å². The number of nitrogens with one attached hydrogen (secondary N) is 1. The Morgan fingerprint density at radius 1 is 1.30 bits per heavy atom. The van der Waals surface area contributed by atoms with Crippen molar-refractivity contribution in [3.05, 3.63) is 29.3 Å². The molecule has 0 spiro atoms. The number of amides is 1. The van der Waals surface area contributed by atoms with Crippen LogP contribution >= 0.6 is 23.4 Å². The van der Waals surface area contributed by atoms with Crippen molar-refractivity contribution >= 4 is 29.3 Å². The summed E-state index contributed by atoms with van der Waals surface area (Å²) in [7, 11) is 0. The number of hydrogen-bond acceptors (Lipinski definition) is 7. The number of benzene rings is 1. The molecular formula is C17H23ClN6O2S. The highest BCUT2D eigenvalue weighted by atomic mass is 35.5. The first-order valence-electron chi connectivity index (χ1n) is 8.72. The van der Waals surface area contributed by atoms with E-state index in [4.69, 9.17) is 16.3 Å². The molecule has 1 aliphatic rings. The highest BCUT2D eigenvalue weighted by Crippen LogP contribution is 2.20. The van der Waals surface area contributed by atoms with Crippen LogP contribution < -0.4 is 5.32 Å². The molecule has 1 aromatic carbocycles. The molecule has 0 radical (unpaired) electrons. The van der Waals surface area contributed by atoms with E-state index < -0.39 is 0 Å². The molecule has 1 saturated heterocycles. The third kappa shape index (κ3) is 5.41. The van der Waals surface area contributed by atoms with E-state index in [-0.39, 0.29) is 17.2 Å². The normalized spacial score (nSPS) is 15.7. The van der Waals surface area contributed by atoms with Crippen LogP contribution in [0.2, 0.25) is 5.02 Å². The summed E-state index contributed by atoms with van der Waals surface area (Å²) in [5.41, 5.74) is 0.676. The summed E-state index contributed by atoms with van der Waals surface area (Å²) in [4.78, 5) is 14.6. The van der Waals surface area contributed by atoms with Gasteiger partial charge in [0.2, 0.25) is 11.1 Å². The number of thioether (sulfide) groups is 1. The van der Waals surface area contributed by atoms with E-state index in [0.29, 0.717) is 16.7 Å². The third-order valence-electron chi connectivity index (χ3n) is 4.43. The maximum Gasteiger partial charge on any atom is 0.230 e. The van der Waals surface area contributed by atoms with Crippen molar-refractivity contribution in [2.24, 2.45) is 0 Å². The van der Waals surface area contributed by atoms with Gasteiger partial charge in [-0.3, -0.25) is 9.69 Å². The van der Waals surface area contributed by atoms with Gasteiger partial charge in [-0.1, -0.05) is 23.4 Å². The molecule has 0 bridgehead atoms. The lowest BCUT2D eigenvalue weighted by Crippen LogP contribution is -2.55. The van der Waals surface area contributed by atoms with Crippen molar-refractivity contribution in [1.29, 1.82) is 0 Å². The fourth-order valence-electron chi connectivity index (χ4n) is 2.79. The van der Waals surface area contributed by atoms with E-state index in [1.807, 2.05) is 12.1 Å². The first-order valence-corrected chi connectivity index (χ1v) is 10.1. The van der Waals surface area contributed by atoms with Gasteiger partial charge >= 0.3 is 0 Å². The number of carbonyl (C=O) groups excluding carboxylic acids is 1. The SMILES string of the molecule is CC(C)(CNC(=O)CSc1nnnn1-c1ccc(Cl)cc1)N1CCOCC1. The lowest BCUT2D eigenvalue weighted by molar-refractivity contribution is -0.119. The van der Waals surface area contributed by atoms with Gasteiger partial charge in [0.25, 0.3) is 0 Å². The van der Waals surface area contributed by atoms with Crippen LogP contribution in [0.15, 0.2) is 29.4 Å². The number of rotatable bonds is 7. The van der Waals surface area contributed by atoms with Crippen molar-refractivity contribution in [2.75, 3.05) is 38.6 Å². The Morgan fingerprint density at radius 2 is 2.00 bits per heavy atom. The van der Waals surface area contributed by atoms with Crippen LogP contribution in [-0.2, 0) is 9.53 Å². The van der Waals surface area contributed by atoms with Crippen LogP contribution in [0.3, 0.4) is 0 Å². The summed E-state index contributed by atoms with van der Waals surface area (Å²) >= 11 is 7.21. The van der Waals surface area contributed by atoms with Gasteiger partial charge in [-0.2, -0.15) is 4.68 Å². The van der Waals surface area contributed by atoms with E-state index in [1.54, 1.807) is 16.8 Å². The van der Waals surface area contributed by atoms with Crippen LogP contribution in [0, 0.1) is 0 Å². The van der Waals surface area contributed by atoms with Crippen molar-refractivity contribution in [1.82, 2.24) is 30.4 Å². The first-order chi connectivity index (χ1) is 13.0. The number of morpholine rings is 1. The zero-order valence-corrected chi connectivity index (χ0v) is 17.0. The smallest absolute Gasteiger partial charge is 0.230 e. The van der Waals surface area contributed by atoms with Gasteiger partial charge in [0.05, 0.1) is 24.7 Å². The van der Waals surface area contributed by atoms with Gasteiger partial charge in [0.15, 0.2) is 0 Å². The average molecular weight is 411 g/mol. The summed E-state index contributed by atoms with van der Waals surface area (Å²) < 4.78 is 6.98. The first kappa shape index (κ1) is 20.1. The topological polar surface area (TPSA) is 85.2 Å². The molecule has 146 valence electrons. The number of tetrazole rings is 1. The molecule has 1 aromatic heterocycles. The molecule has 10 heteroatoms. The Bertz CT molecular complexity index is 761. The number of ether oxygens (including phenoxy) is 1. The number of carbonyl (C=O) groups is 1. The molecule has 0 saturated carbocycles. The molecule has 27 heavy (non-hydrogen) atoms. The quantitative estimate of drug-likeness (QED) is 0.694. The zero-order chi connectivity index (χ0) is 19.3. The predicted octanol–water partition coefficient (Wildman–Crippen LogP) is 1.63. The second kappa shape index (κ2) is 9.01. The second-order valence-electron chi connectivity index (χ2n) is 6.83. The van der Waals surface area contributed by atoms with Crippen molar-refractivity contribution in [2.45, 2.75) is 24.5 Å². The van der Waals surface area contributed by atoms with Crippen LogP contribution in [0.1, 0.15) is 13.8 Å². The Morgan fingerprint density at radius 3 is 2.70 bits per heavy atom. The van der Waals surface area contributed by atoms with Crippen LogP contribution in [0.4, 0.5) is 0 Å². The van der Waals surface area contributed by atoms with E-state index in [1.165, 1.54) is 11.8 Å². The standard InChI is InChI=1S/C17H23ClN6O2S/c1-17(2,23-7-9-26-10-8-23)12-19-15(25)11-27-16-20-21-22-24(16)14-5-3-13(18)4-6-14/h3-6H,7-12H2,1-2H3,(H,19,25). The highest BCUT2D eigenvalue weighted by Gasteiger charge is 2.28. The van der Waals surface area contributed by atoms with Crippen molar-refractivity contribution < 1.29 is 9.53 Å². The largest absolute Gasteiger partial charge is 0.379 e. The van der Waals surface area contributed by atoms with E-state index >= 15 is 0 Å². The summed E-state index contributed by atoms with van der Waals surface area (Å²) in [6.45, 7) is 8.08. The fraction of sp³-hybridized carbons (Fsp3) is 0.529. The Balaban J connectivity index is 1.51. The molecule has 3 rings (SSSR count). The molecule has 2 aromatic rings. The Hall–Kier alpha value is -1.68. The average Bonchev–Trinajstić information content (AvgIpc) is 3.15. The highest BCUT2D eigenvalue weighted by molar-refractivity contribution is 7.99. The minimum Gasteiger partial charge on any atom is -0.379 e. The molecule has 0 aliphatic carbocycles. The number of nitrogens with zero attached hydrogens (tertiary/aromatic N) is 5. The van der Waals surface area contributed by atoms with E-state index in [0.717, 1.165) is 32.0 Å². The minimum atomic E-state index is -0.116. The maximum absolute atomic E-state index is 12.3. The lowest BCUT2D eigenvalue weighted by atomic mass is 10.0. The third-order valence-corrected chi connectivity index (χ3v) is 5.60. The lowest BCUT2D eigenvalue weighted by Gasteiger charge is -2.40.